The molecule has 0 bridgehead atoms. The number of aliphatic carboxylic acids is 1. The smallest absolute Gasteiger partial charge is 0.326 e. The third-order valence-corrected chi connectivity index (χ3v) is 2.65. The summed E-state index contributed by atoms with van der Waals surface area (Å²) < 4.78 is 9.38. The number of rotatable bonds is 8. The number of hydrogen-bond donors (Lipinski definition) is 2. The van der Waals surface area contributed by atoms with Crippen LogP contribution in [0.3, 0.4) is 0 Å². The highest BCUT2D eigenvalue weighted by Crippen LogP contribution is 2.03. The van der Waals surface area contributed by atoms with Crippen LogP contribution < -0.4 is 5.32 Å². The van der Waals surface area contributed by atoms with Gasteiger partial charge in [-0.2, -0.15) is 0 Å². The van der Waals surface area contributed by atoms with E-state index in [0.29, 0.717) is 0 Å². The highest BCUT2D eigenvalue weighted by Gasteiger charge is 2.24. The number of carboxylic acids is 1. The number of benzene rings is 1. The molecule has 1 amide bonds. The molecule has 2 N–H and O–H groups in total. The maximum atomic E-state index is 11.7. The predicted molar refractivity (Wildman–Crippen MR) is 77.1 cm³/mol. The molecule has 0 fully saturated rings. The van der Waals surface area contributed by atoms with Crippen LogP contribution in [0.5, 0.6) is 0 Å². The highest BCUT2D eigenvalue weighted by atomic mass is 16.5. The number of hydrogen-bond acceptors (Lipinski definition) is 6. The molecule has 23 heavy (non-hydrogen) atoms. The fraction of sp³-hybridized carbons (Fsp3) is 0.333. The molecule has 0 saturated carbocycles. The van der Waals surface area contributed by atoms with Gasteiger partial charge in [0.15, 0.2) is 6.61 Å². The van der Waals surface area contributed by atoms with E-state index in [1.165, 1.54) is 0 Å². The van der Waals surface area contributed by atoms with Crippen LogP contribution in [0.4, 0.5) is 0 Å². The van der Waals surface area contributed by atoms with Crippen LogP contribution in [0.2, 0.25) is 0 Å². The van der Waals surface area contributed by atoms with Crippen molar-refractivity contribution in [3.05, 3.63) is 35.9 Å². The van der Waals surface area contributed by atoms with Gasteiger partial charge in [0.25, 0.3) is 5.91 Å². The van der Waals surface area contributed by atoms with E-state index < -0.39 is 42.9 Å². The van der Waals surface area contributed by atoms with E-state index in [1.54, 1.807) is 24.3 Å². The van der Waals surface area contributed by atoms with Crippen molar-refractivity contribution < 1.29 is 33.8 Å². The molecule has 1 aromatic rings. The summed E-state index contributed by atoms with van der Waals surface area (Å²) in [5.41, 5.74) is 0.756. The molecule has 0 saturated heterocycles. The molecule has 0 aliphatic carbocycles. The van der Waals surface area contributed by atoms with Gasteiger partial charge in [-0.3, -0.25) is 14.4 Å². The maximum absolute atomic E-state index is 11.7. The SMILES string of the molecule is CC(=O)OCC(=O)N[C@H](CC(=O)OCc1ccccc1)C(=O)O. The Bertz CT molecular complexity index is 570. The molecule has 0 aromatic heterocycles. The summed E-state index contributed by atoms with van der Waals surface area (Å²) in [6, 6.07) is 7.41. The molecule has 1 atom stereocenters. The minimum atomic E-state index is -1.46. The maximum Gasteiger partial charge on any atom is 0.326 e. The molecular formula is C15H17NO7. The van der Waals surface area contributed by atoms with Crippen LogP contribution in [-0.2, 0) is 35.3 Å². The minimum absolute atomic E-state index is 0.00735. The fourth-order valence-electron chi connectivity index (χ4n) is 1.57. The zero-order chi connectivity index (χ0) is 17.2. The molecule has 8 nitrogen and oxygen atoms in total. The van der Waals surface area contributed by atoms with Crippen LogP contribution in [0.15, 0.2) is 30.3 Å². The van der Waals surface area contributed by atoms with E-state index in [1.807, 2.05) is 6.07 Å². The van der Waals surface area contributed by atoms with Crippen LogP contribution in [0, 0.1) is 0 Å². The Morgan fingerprint density at radius 2 is 1.78 bits per heavy atom. The number of nitrogens with one attached hydrogen (secondary N) is 1. The molecule has 124 valence electrons. The van der Waals surface area contributed by atoms with Crippen molar-refractivity contribution in [3.8, 4) is 0 Å². The van der Waals surface area contributed by atoms with Gasteiger partial charge in [-0.1, -0.05) is 30.3 Å². The van der Waals surface area contributed by atoms with Gasteiger partial charge in [0, 0.05) is 6.92 Å². The largest absolute Gasteiger partial charge is 0.480 e. The first kappa shape index (κ1) is 18.1. The Morgan fingerprint density at radius 1 is 1.13 bits per heavy atom. The number of amides is 1. The number of carbonyl (C=O) groups is 4. The van der Waals surface area contributed by atoms with Gasteiger partial charge in [0.05, 0.1) is 6.42 Å². The van der Waals surface area contributed by atoms with Gasteiger partial charge in [-0.15, -0.1) is 0 Å². The van der Waals surface area contributed by atoms with E-state index in [0.717, 1.165) is 12.5 Å². The lowest BCUT2D eigenvalue weighted by atomic mass is 10.2. The summed E-state index contributed by atoms with van der Waals surface area (Å²) in [6.45, 7) is 0.508. The first-order chi connectivity index (χ1) is 10.9. The Kier molecular flexibility index (Phi) is 7.25. The number of esters is 2. The van der Waals surface area contributed by atoms with Gasteiger partial charge in [0.1, 0.15) is 12.6 Å². The van der Waals surface area contributed by atoms with Crippen LogP contribution in [0.25, 0.3) is 0 Å². The molecule has 0 radical (unpaired) electrons. The molecule has 0 spiro atoms. The molecule has 8 heteroatoms. The third kappa shape index (κ3) is 7.60. The summed E-state index contributed by atoms with van der Waals surface area (Å²) in [7, 11) is 0. The van der Waals surface area contributed by atoms with Crippen molar-refractivity contribution in [1.29, 1.82) is 0 Å². The second kappa shape index (κ2) is 9.19. The van der Waals surface area contributed by atoms with E-state index in [2.05, 4.69) is 10.1 Å². The zero-order valence-electron chi connectivity index (χ0n) is 12.5. The Morgan fingerprint density at radius 3 is 2.35 bits per heavy atom. The lowest BCUT2D eigenvalue weighted by Gasteiger charge is -2.14. The fourth-order valence-corrected chi connectivity index (χ4v) is 1.57. The number of carboxylic acid groups (broad SMARTS) is 1. The second-order valence-corrected chi connectivity index (χ2v) is 4.59. The van der Waals surface area contributed by atoms with Crippen LogP contribution in [0.1, 0.15) is 18.9 Å². The third-order valence-electron chi connectivity index (χ3n) is 2.65. The van der Waals surface area contributed by atoms with Crippen LogP contribution in [-0.4, -0.2) is 41.6 Å². The van der Waals surface area contributed by atoms with Gasteiger partial charge < -0.3 is 19.9 Å². The molecule has 1 rings (SSSR count). The standard InChI is InChI=1S/C15H17NO7/c1-10(17)22-9-13(18)16-12(15(20)21)7-14(19)23-8-11-5-3-2-4-6-11/h2-6,12H,7-9H2,1H3,(H,16,18)(H,20,21)/t12-/m1/s1. The van der Waals surface area contributed by atoms with E-state index >= 15 is 0 Å². The molecule has 0 heterocycles. The predicted octanol–water partition coefficient (Wildman–Crippen LogP) is 0.252. The van der Waals surface area contributed by atoms with Crippen molar-refractivity contribution in [2.24, 2.45) is 0 Å². The highest BCUT2D eigenvalue weighted by molar-refractivity contribution is 5.88. The van der Waals surface area contributed by atoms with Gasteiger partial charge in [0.2, 0.25) is 0 Å². The van der Waals surface area contributed by atoms with Crippen molar-refractivity contribution in [2.75, 3.05) is 6.61 Å². The number of ether oxygens (including phenoxy) is 2. The molecule has 0 aliphatic heterocycles. The lowest BCUT2D eigenvalue weighted by molar-refractivity contribution is -0.152. The van der Waals surface area contributed by atoms with Crippen molar-refractivity contribution in [1.82, 2.24) is 5.32 Å². The average Bonchev–Trinajstić information content (AvgIpc) is 2.51. The molecule has 0 unspecified atom stereocenters. The van der Waals surface area contributed by atoms with E-state index in [9.17, 15) is 19.2 Å². The van der Waals surface area contributed by atoms with E-state index in [4.69, 9.17) is 9.84 Å². The normalized spacial score (nSPS) is 11.2. The average molecular weight is 323 g/mol. The van der Waals surface area contributed by atoms with Gasteiger partial charge in [-0.25, -0.2) is 4.79 Å². The number of carbonyl (C=O) groups excluding carboxylic acids is 3. The molecule has 1 aromatic carbocycles. The Hall–Kier alpha value is -2.90. The Balaban J connectivity index is 2.45. The van der Waals surface area contributed by atoms with Gasteiger partial charge in [-0.05, 0) is 5.56 Å². The summed E-state index contributed by atoms with van der Waals surface area (Å²) in [4.78, 5) is 44.7. The topological polar surface area (TPSA) is 119 Å². The Labute approximate surface area is 132 Å². The first-order valence-corrected chi connectivity index (χ1v) is 6.73. The molecular weight excluding hydrogens is 306 g/mol. The quantitative estimate of drug-likeness (QED) is 0.658. The summed E-state index contributed by atoms with van der Waals surface area (Å²) in [5.74, 6) is -3.65. The zero-order valence-corrected chi connectivity index (χ0v) is 12.5. The van der Waals surface area contributed by atoms with Crippen molar-refractivity contribution >= 4 is 23.8 Å². The van der Waals surface area contributed by atoms with Crippen LogP contribution >= 0.6 is 0 Å². The van der Waals surface area contributed by atoms with Gasteiger partial charge >= 0.3 is 17.9 Å². The summed E-state index contributed by atoms with van der Waals surface area (Å²) >= 11 is 0. The molecule has 0 aliphatic rings. The minimum Gasteiger partial charge on any atom is -0.480 e. The lowest BCUT2D eigenvalue weighted by Crippen LogP contribution is -2.44. The van der Waals surface area contributed by atoms with Crippen molar-refractivity contribution in [2.45, 2.75) is 26.0 Å². The summed E-state index contributed by atoms with van der Waals surface area (Å²) in [6.07, 6.45) is -0.534. The van der Waals surface area contributed by atoms with E-state index in [-0.39, 0.29) is 6.61 Å². The van der Waals surface area contributed by atoms with Crippen molar-refractivity contribution in [3.63, 3.8) is 0 Å². The first-order valence-electron chi connectivity index (χ1n) is 6.73. The summed E-state index contributed by atoms with van der Waals surface area (Å²) in [5, 5.41) is 11.1. The monoisotopic (exact) mass is 323 g/mol. The second-order valence-electron chi connectivity index (χ2n) is 4.59.